The molecule has 0 spiro atoms. The van der Waals surface area contributed by atoms with E-state index in [1.165, 1.54) is 0 Å². The molecule has 1 N–H and O–H groups in total. The Morgan fingerprint density at radius 1 is 1.18 bits per heavy atom. The van der Waals surface area contributed by atoms with Crippen molar-refractivity contribution in [2.45, 2.75) is 39.2 Å². The summed E-state index contributed by atoms with van der Waals surface area (Å²) in [6, 6.07) is 9.62. The molecule has 0 aliphatic carbocycles. The molecule has 0 atom stereocenters. The van der Waals surface area contributed by atoms with Crippen LogP contribution in [0.3, 0.4) is 0 Å². The van der Waals surface area contributed by atoms with E-state index in [4.69, 9.17) is 0 Å². The molecule has 0 saturated carbocycles. The molecule has 1 rings (SSSR count). The van der Waals surface area contributed by atoms with E-state index in [1.807, 2.05) is 51.1 Å². The van der Waals surface area contributed by atoms with Crippen molar-refractivity contribution in [1.29, 1.82) is 0 Å². The lowest BCUT2D eigenvalue weighted by Crippen LogP contribution is -2.42. The van der Waals surface area contributed by atoms with Gasteiger partial charge in [0.25, 0.3) is 0 Å². The Labute approximate surface area is 104 Å². The van der Waals surface area contributed by atoms with Crippen LogP contribution in [0, 0.1) is 0 Å². The van der Waals surface area contributed by atoms with Crippen molar-refractivity contribution in [1.82, 2.24) is 4.72 Å². The van der Waals surface area contributed by atoms with Crippen LogP contribution in [0.4, 0.5) is 0 Å². The van der Waals surface area contributed by atoms with Crippen LogP contribution in [0.25, 0.3) is 0 Å². The van der Waals surface area contributed by atoms with Crippen LogP contribution in [-0.2, 0) is 15.6 Å². The molecule has 1 aromatic carbocycles. The molecule has 4 heteroatoms. The van der Waals surface area contributed by atoms with Gasteiger partial charge >= 0.3 is 0 Å². The lowest BCUT2D eigenvalue weighted by molar-refractivity contribution is 0.471. The van der Waals surface area contributed by atoms with Gasteiger partial charge in [-0.25, -0.2) is 13.1 Å². The SMILES string of the molecule is CCCCS(=O)(=O)NC(C)(C)c1ccccc1. The Bertz CT molecular complexity index is 438. The van der Waals surface area contributed by atoms with Gasteiger partial charge in [-0.2, -0.15) is 0 Å². The predicted octanol–water partition coefficient (Wildman–Crippen LogP) is 2.64. The third kappa shape index (κ3) is 4.48. The summed E-state index contributed by atoms with van der Waals surface area (Å²) < 4.78 is 26.5. The molecule has 3 nitrogen and oxygen atoms in total. The third-order valence-corrected chi connectivity index (χ3v) is 4.32. The van der Waals surface area contributed by atoms with Gasteiger partial charge in [-0.3, -0.25) is 0 Å². The first-order valence-corrected chi connectivity index (χ1v) is 7.60. The highest BCUT2D eigenvalue weighted by Gasteiger charge is 2.25. The fraction of sp³-hybridized carbons (Fsp3) is 0.538. The quantitative estimate of drug-likeness (QED) is 0.849. The zero-order valence-corrected chi connectivity index (χ0v) is 11.5. The summed E-state index contributed by atoms with van der Waals surface area (Å²) in [6.07, 6.45) is 1.58. The van der Waals surface area contributed by atoms with Crippen LogP contribution in [0.2, 0.25) is 0 Å². The Morgan fingerprint density at radius 2 is 1.76 bits per heavy atom. The van der Waals surface area contributed by atoms with Crippen LogP contribution < -0.4 is 4.72 Å². The number of nitrogens with one attached hydrogen (secondary N) is 1. The second-order valence-electron chi connectivity index (χ2n) is 4.77. The Kier molecular flexibility index (Phi) is 4.71. The highest BCUT2D eigenvalue weighted by molar-refractivity contribution is 7.89. The second kappa shape index (κ2) is 5.65. The molecule has 0 fully saturated rings. The first kappa shape index (κ1) is 14.2. The average molecular weight is 255 g/mol. The van der Waals surface area contributed by atoms with Crippen LogP contribution in [0.1, 0.15) is 39.2 Å². The molecule has 96 valence electrons. The maximum absolute atomic E-state index is 11.9. The number of rotatable bonds is 6. The zero-order chi connectivity index (χ0) is 12.9. The molecule has 0 heterocycles. The fourth-order valence-electron chi connectivity index (χ4n) is 1.69. The molecule has 0 amide bonds. The standard InChI is InChI=1S/C13H21NO2S/c1-4-5-11-17(15,16)14-13(2,3)12-9-7-6-8-10-12/h6-10,14H,4-5,11H2,1-3H3. The summed E-state index contributed by atoms with van der Waals surface area (Å²) in [6.45, 7) is 5.75. The molecule has 0 saturated heterocycles. The van der Waals surface area contributed by atoms with Crippen LogP contribution in [0.5, 0.6) is 0 Å². The van der Waals surface area contributed by atoms with E-state index < -0.39 is 15.6 Å². The fourth-order valence-corrected chi connectivity index (χ4v) is 3.35. The van der Waals surface area contributed by atoms with Crippen LogP contribution >= 0.6 is 0 Å². The second-order valence-corrected chi connectivity index (χ2v) is 6.61. The van der Waals surface area contributed by atoms with E-state index in [1.54, 1.807) is 0 Å². The van der Waals surface area contributed by atoms with Crippen LogP contribution in [-0.4, -0.2) is 14.2 Å². The molecule has 0 unspecified atom stereocenters. The number of hydrogen-bond donors (Lipinski definition) is 1. The van der Waals surface area contributed by atoms with E-state index >= 15 is 0 Å². The molecule has 0 radical (unpaired) electrons. The van der Waals surface area contributed by atoms with Gasteiger partial charge in [-0.15, -0.1) is 0 Å². The van der Waals surface area contributed by atoms with E-state index in [0.717, 1.165) is 12.0 Å². The number of hydrogen-bond acceptors (Lipinski definition) is 2. The first-order valence-electron chi connectivity index (χ1n) is 5.94. The summed E-state index contributed by atoms with van der Waals surface area (Å²) in [5, 5.41) is 0. The van der Waals surface area contributed by atoms with Gasteiger partial charge in [0.05, 0.1) is 11.3 Å². The van der Waals surface area contributed by atoms with Crippen molar-refractivity contribution in [2.75, 3.05) is 5.75 Å². The summed E-state index contributed by atoms with van der Waals surface area (Å²) in [4.78, 5) is 0. The van der Waals surface area contributed by atoms with Crippen molar-refractivity contribution in [3.05, 3.63) is 35.9 Å². The summed E-state index contributed by atoms with van der Waals surface area (Å²) in [7, 11) is -3.20. The normalized spacial score (nSPS) is 12.6. The average Bonchev–Trinajstić information content (AvgIpc) is 2.26. The van der Waals surface area contributed by atoms with Gasteiger partial charge in [0.15, 0.2) is 0 Å². The van der Waals surface area contributed by atoms with Gasteiger partial charge in [-0.1, -0.05) is 43.7 Å². The molecular formula is C13H21NO2S. The van der Waals surface area contributed by atoms with Gasteiger partial charge in [-0.05, 0) is 25.8 Å². The van der Waals surface area contributed by atoms with E-state index in [9.17, 15) is 8.42 Å². The molecule has 0 bridgehead atoms. The van der Waals surface area contributed by atoms with Crippen molar-refractivity contribution < 1.29 is 8.42 Å². The molecule has 0 aliphatic rings. The van der Waals surface area contributed by atoms with Gasteiger partial charge in [0, 0.05) is 0 Å². The number of unbranched alkanes of at least 4 members (excludes halogenated alkanes) is 1. The number of sulfonamides is 1. The highest BCUT2D eigenvalue weighted by atomic mass is 32.2. The highest BCUT2D eigenvalue weighted by Crippen LogP contribution is 2.20. The van der Waals surface area contributed by atoms with E-state index in [-0.39, 0.29) is 5.75 Å². The molecule has 0 aliphatic heterocycles. The van der Waals surface area contributed by atoms with Crippen molar-refractivity contribution in [3.63, 3.8) is 0 Å². The lowest BCUT2D eigenvalue weighted by Gasteiger charge is -2.26. The predicted molar refractivity (Wildman–Crippen MR) is 71.3 cm³/mol. The molecular weight excluding hydrogens is 234 g/mol. The summed E-state index contributed by atoms with van der Waals surface area (Å²) >= 11 is 0. The Morgan fingerprint density at radius 3 is 2.29 bits per heavy atom. The molecule has 17 heavy (non-hydrogen) atoms. The zero-order valence-electron chi connectivity index (χ0n) is 10.7. The van der Waals surface area contributed by atoms with Crippen LogP contribution in [0.15, 0.2) is 30.3 Å². The lowest BCUT2D eigenvalue weighted by atomic mass is 9.96. The topological polar surface area (TPSA) is 46.2 Å². The van der Waals surface area contributed by atoms with Gasteiger partial charge in [0.1, 0.15) is 0 Å². The largest absolute Gasteiger partial charge is 0.212 e. The maximum Gasteiger partial charge on any atom is 0.212 e. The molecule has 0 aromatic heterocycles. The van der Waals surface area contributed by atoms with Crippen molar-refractivity contribution >= 4 is 10.0 Å². The minimum atomic E-state index is -3.20. The summed E-state index contributed by atoms with van der Waals surface area (Å²) in [5.41, 5.74) is 0.411. The number of benzene rings is 1. The summed E-state index contributed by atoms with van der Waals surface area (Å²) in [5.74, 6) is 0.194. The maximum atomic E-state index is 11.9. The smallest absolute Gasteiger partial charge is 0.212 e. The van der Waals surface area contributed by atoms with Gasteiger partial charge in [0.2, 0.25) is 10.0 Å². The van der Waals surface area contributed by atoms with Crippen molar-refractivity contribution in [3.8, 4) is 0 Å². The molecule has 1 aromatic rings. The van der Waals surface area contributed by atoms with E-state index in [0.29, 0.717) is 6.42 Å². The Balaban J connectivity index is 2.80. The van der Waals surface area contributed by atoms with Crippen molar-refractivity contribution in [2.24, 2.45) is 0 Å². The van der Waals surface area contributed by atoms with E-state index in [2.05, 4.69) is 4.72 Å². The minimum absolute atomic E-state index is 0.194. The van der Waals surface area contributed by atoms with Gasteiger partial charge < -0.3 is 0 Å². The monoisotopic (exact) mass is 255 g/mol. The minimum Gasteiger partial charge on any atom is -0.212 e. The third-order valence-electron chi connectivity index (χ3n) is 2.67. The Hall–Kier alpha value is -0.870. The first-order chi connectivity index (χ1) is 7.87.